The van der Waals surface area contributed by atoms with E-state index in [2.05, 4.69) is 0 Å². The molecule has 1 aliphatic carbocycles. The number of rotatable bonds is 2. The van der Waals surface area contributed by atoms with Crippen LogP contribution in [0.2, 0.25) is 0 Å². The molecule has 2 heterocycles. The second-order valence-corrected chi connectivity index (χ2v) is 8.30. The quantitative estimate of drug-likeness (QED) is 0.733. The minimum absolute atomic E-state index is 0.326. The molecule has 0 bridgehead atoms. The summed E-state index contributed by atoms with van der Waals surface area (Å²) < 4.78 is 10.8. The molecule has 1 aromatic rings. The highest BCUT2D eigenvalue weighted by atomic mass is 16.5. The lowest BCUT2D eigenvalue weighted by molar-refractivity contribution is -0.154. The van der Waals surface area contributed by atoms with Gasteiger partial charge in [-0.1, -0.05) is 19.3 Å². The summed E-state index contributed by atoms with van der Waals surface area (Å²) in [5.41, 5.74) is 2.17. The van der Waals surface area contributed by atoms with Crippen LogP contribution in [0.3, 0.4) is 0 Å². The van der Waals surface area contributed by atoms with Crippen LogP contribution in [0.1, 0.15) is 43.2 Å². The minimum atomic E-state index is -0.366. The number of amides is 2. The molecule has 4 rings (SSSR count). The highest BCUT2D eigenvalue weighted by Crippen LogP contribution is 2.36. The average Bonchev–Trinajstić information content (AvgIpc) is 2.76. The summed E-state index contributed by atoms with van der Waals surface area (Å²) in [6.45, 7) is 2.49. The van der Waals surface area contributed by atoms with Crippen molar-refractivity contribution in [3.8, 4) is 11.5 Å². The van der Waals surface area contributed by atoms with Gasteiger partial charge >= 0.3 is 11.8 Å². The summed E-state index contributed by atoms with van der Waals surface area (Å²) in [5.74, 6) is 1.99. The second-order valence-electron chi connectivity index (χ2n) is 8.30. The van der Waals surface area contributed by atoms with Gasteiger partial charge in [-0.25, -0.2) is 0 Å². The van der Waals surface area contributed by atoms with E-state index < -0.39 is 0 Å². The highest BCUT2D eigenvalue weighted by Gasteiger charge is 2.36. The predicted octanol–water partition coefficient (Wildman–Crippen LogP) is 2.63. The Hall–Kier alpha value is -2.24. The third kappa shape index (κ3) is 3.56. The van der Waals surface area contributed by atoms with Crippen LogP contribution in [-0.4, -0.2) is 55.5 Å². The molecule has 2 unspecified atom stereocenters. The Morgan fingerprint density at radius 3 is 2.21 bits per heavy atom. The number of piperidine rings is 1. The topological polar surface area (TPSA) is 59.1 Å². The summed E-state index contributed by atoms with van der Waals surface area (Å²) in [5, 5.41) is 0. The number of carbonyl (C=O) groups excluding carboxylic acids is 2. The number of hydrogen-bond donors (Lipinski definition) is 0. The third-order valence-corrected chi connectivity index (χ3v) is 6.77. The van der Waals surface area contributed by atoms with Gasteiger partial charge in [0, 0.05) is 26.2 Å². The van der Waals surface area contributed by atoms with Crippen molar-refractivity contribution in [3.63, 3.8) is 0 Å². The summed E-state index contributed by atoms with van der Waals surface area (Å²) in [6.07, 6.45) is 6.82. The van der Waals surface area contributed by atoms with Crippen LogP contribution >= 0.6 is 0 Å². The van der Waals surface area contributed by atoms with Crippen LogP contribution in [0.5, 0.6) is 11.5 Å². The van der Waals surface area contributed by atoms with E-state index in [1.807, 2.05) is 12.1 Å². The van der Waals surface area contributed by atoms with Crippen molar-refractivity contribution in [3.05, 3.63) is 23.3 Å². The normalized spacial score (nSPS) is 24.2. The van der Waals surface area contributed by atoms with Gasteiger partial charge in [0.25, 0.3) is 0 Å². The molecule has 1 saturated carbocycles. The van der Waals surface area contributed by atoms with Gasteiger partial charge in [-0.2, -0.15) is 0 Å². The molecule has 6 heteroatoms. The van der Waals surface area contributed by atoms with E-state index in [1.54, 1.807) is 24.0 Å². The molecule has 2 amide bonds. The van der Waals surface area contributed by atoms with E-state index in [-0.39, 0.29) is 11.8 Å². The van der Waals surface area contributed by atoms with Crippen molar-refractivity contribution in [1.82, 2.24) is 9.80 Å². The fraction of sp³-hybridized carbons (Fsp3) is 0.636. The first kappa shape index (κ1) is 19.1. The SMILES string of the molecule is COc1cc2c(cc1OC)CN(C(=O)C(=O)N1CCC3CCCCC3C1)CC2. The molecule has 3 aliphatic rings. The average molecular weight is 386 g/mol. The number of hydrogen-bond acceptors (Lipinski definition) is 4. The molecule has 1 aromatic carbocycles. The van der Waals surface area contributed by atoms with Crippen molar-refractivity contribution >= 4 is 11.8 Å². The Morgan fingerprint density at radius 2 is 1.50 bits per heavy atom. The summed E-state index contributed by atoms with van der Waals surface area (Å²) >= 11 is 0. The van der Waals surface area contributed by atoms with Crippen LogP contribution in [0.15, 0.2) is 12.1 Å². The smallest absolute Gasteiger partial charge is 0.312 e. The standard InChI is InChI=1S/C22H30N2O4/c1-27-19-11-16-8-10-24(14-18(16)12-20(19)28-2)22(26)21(25)23-9-7-15-5-3-4-6-17(15)13-23/h11-12,15,17H,3-10,13-14H2,1-2H3. The molecule has 6 nitrogen and oxygen atoms in total. The van der Waals surface area contributed by atoms with E-state index in [0.29, 0.717) is 30.5 Å². The van der Waals surface area contributed by atoms with Crippen LogP contribution in [0, 0.1) is 11.8 Å². The Balaban J connectivity index is 1.43. The molecular formula is C22H30N2O4. The molecule has 0 radical (unpaired) electrons. The number of benzene rings is 1. The number of fused-ring (bicyclic) bond motifs is 2. The van der Waals surface area contributed by atoms with Gasteiger partial charge in [-0.15, -0.1) is 0 Å². The fourth-order valence-corrected chi connectivity index (χ4v) is 5.11. The fourth-order valence-electron chi connectivity index (χ4n) is 5.11. The Morgan fingerprint density at radius 1 is 0.857 bits per heavy atom. The summed E-state index contributed by atoms with van der Waals surface area (Å²) in [7, 11) is 3.23. The monoisotopic (exact) mass is 386 g/mol. The lowest BCUT2D eigenvalue weighted by atomic mass is 9.75. The van der Waals surface area contributed by atoms with Crippen molar-refractivity contribution in [2.45, 2.75) is 45.1 Å². The van der Waals surface area contributed by atoms with Crippen molar-refractivity contribution in [1.29, 1.82) is 0 Å². The Kier molecular flexibility index (Phi) is 5.47. The number of ether oxygens (including phenoxy) is 2. The number of methoxy groups -OCH3 is 2. The molecule has 28 heavy (non-hydrogen) atoms. The largest absolute Gasteiger partial charge is 0.493 e. The van der Waals surface area contributed by atoms with Gasteiger partial charge in [0.15, 0.2) is 11.5 Å². The lowest BCUT2D eigenvalue weighted by Gasteiger charge is -2.41. The van der Waals surface area contributed by atoms with Crippen LogP contribution in [-0.2, 0) is 22.6 Å². The first-order valence-corrected chi connectivity index (χ1v) is 10.4. The summed E-state index contributed by atoms with van der Waals surface area (Å²) in [4.78, 5) is 29.3. The zero-order chi connectivity index (χ0) is 19.7. The first-order valence-electron chi connectivity index (χ1n) is 10.4. The van der Waals surface area contributed by atoms with Gasteiger partial charge in [-0.3, -0.25) is 9.59 Å². The van der Waals surface area contributed by atoms with Gasteiger partial charge in [-0.05, 0) is 54.4 Å². The molecule has 2 fully saturated rings. The Labute approximate surface area is 166 Å². The zero-order valence-corrected chi connectivity index (χ0v) is 16.9. The molecular weight excluding hydrogens is 356 g/mol. The number of likely N-dealkylation sites (tertiary alicyclic amines) is 1. The zero-order valence-electron chi connectivity index (χ0n) is 16.9. The molecule has 2 atom stereocenters. The second kappa shape index (κ2) is 8.02. The van der Waals surface area contributed by atoms with Crippen LogP contribution in [0.25, 0.3) is 0 Å². The molecule has 2 aliphatic heterocycles. The molecule has 0 spiro atoms. The maximum absolute atomic E-state index is 12.9. The van der Waals surface area contributed by atoms with E-state index in [0.717, 1.165) is 43.0 Å². The van der Waals surface area contributed by atoms with Crippen LogP contribution < -0.4 is 9.47 Å². The molecule has 0 N–H and O–H groups in total. The predicted molar refractivity (Wildman–Crippen MR) is 105 cm³/mol. The minimum Gasteiger partial charge on any atom is -0.493 e. The third-order valence-electron chi connectivity index (χ3n) is 6.77. The highest BCUT2D eigenvalue weighted by molar-refractivity contribution is 6.34. The number of carbonyl (C=O) groups is 2. The molecule has 0 aromatic heterocycles. The van der Waals surface area contributed by atoms with Crippen LogP contribution in [0.4, 0.5) is 0 Å². The maximum Gasteiger partial charge on any atom is 0.312 e. The van der Waals surface area contributed by atoms with E-state index in [4.69, 9.17) is 9.47 Å². The van der Waals surface area contributed by atoms with Gasteiger partial charge < -0.3 is 19.3 Å². The maximum atomic E-state index is 12.9. The number of nitrogens with zero attached hydrogens (tertiary/aromatic N) is 2. The van der Waals surface area contributed by atoms with E-state index >= 15 is 0 Å². The first-order chi connectivity index (χ1) is 13.6. The van der Waals surface area contributed by atoms with Crippen molar-refractivity contribution < 1.29 is 19.1 Å². The van der Waals surface area contributed by atoms with Crippen molar-refractivity contribution in [2.75, 3.05) is 33.9 Å². The van der Waals surface area contributed by atoms with Gasteiger partial charge in [0.2, 0.25) is 0 Å². The van der Waals surface area contributed by atoms with E-state index in [9.17, 15) is 9.59 Å². The van der Waals surface area contributed by atoms with Gasteiger partial charge in [0.05, 0.1) is 14.2 Å². The lowest BCUT2D eigenvalue weighted by Crippen LogP contribution is -2.51. The van der Waals surface area contributed by atoms with Crippen molar-refractivity contribution in [2.24, 2.45) is 11.8 Å². The van der Waals surface area contributed by atoms with Gasteiger partial charge in [0.1, 0.15) is 0 Å². The Bertz CT molecular complexity index is 763. The summed E-state index contributed by atoms with van der Waals surface area (Å²) in [6, 6.07) is 3.90. The molecule has 152 valence electrons. The van der Waals surface area contributed by atoms with E-state index in [1.165, 1.54) is 25.7 Å². The molecule has 1 saturated heterocycles.